The average molecular weight is 633 g/mol. The maximum atomic E-state index is 13.4. The van der Waals surface area contributed by atoms with E-state index in [1.165, 1.54) is 12.3 Å². The first-order chi connectivity index (χ1) is 23.0. The second-order valence-electron chi connectivity index (χ2n) is 10.4. The van der Waals surface area contributed by atoms with Crippen LogP contribution in [0, 0.1) is 0 Å². The molecule has 2 heterocycles. The Morgan fingerprint density at radius 3 is 1.66 bits per heavy atom. The van der Waals surface area contributed by atoms with Crippen LogP contribution in [0.15, 0.2) is 138 Å². The van der Waals surface area contributed by atoms with E-state index in [1.807, 2.05) is 6.07 Å². The molecular weight excluding hydrogens is 604 g/mol. The van der Waals surface area contributed by atoms with Crippen LogP contribution in [0.3, 0.4) is 0 Å². The average Bonchev–Trinajstić information content (AvgIpc) is 3.44. The molecule has 47 heavy (non-hydrogen) atoms. The quantitative estimate of drug-likeness (QED) is 0.149. The summed E-state index contributed by atoms with van der Waals surface area (Å²) in [5.41, 5.74) is -0.0543. The van der Waals surface area contributed by atoms with E-state index in [9.17, 15) is 19.2 Å². The highest BCUT2D eigenvalue weighted by Crippen LogP contribution is 2.35. The maximum absolute atomic E-state index is 13.4. The fourth-order valence-electron chi connectivity index (χ4n) is 4.94. The second-order valence-corrected chi connectivity index (χ2v) is 10.4. The molecule has 11 nitrogen and oxygen atoms in total. The Morgan fingerprint density at radius 1 is 0.638 bits per heavy atom. The summed E-state index contributed by atoms with van der Waals surface area (Å²) in [5, 5.41) is 0. The van der Waals surface area contributed by atoms with Crippen molar-refractivity contribution in [3.63, 3.8) is 0 Å². The second kappa shape index (κ2) is 14.4. The predicted octanol–water partition coefficient (Wildman–Crippen LogP) is 5.24. The van der Waals surface area contributed by atoms with Gasteiger partial charge >= 0.3 is 23.6 Å². The lowest BCUT2D eigenvalue weighted by molar-refractivity contribution is -0.0640. The van der Waals surface area contributed by atoms with Gasteiger partial charge in [-0.05, 0) is 48.5 Å². The van der Waals surface area contributed by atoms with E-state index in [0.29, 0.717) is 11.3 Å². The minimum Gasteiger partial charge on any atom is -0.459 e. The van der Waals surface area contributed by atoms with Gasteiger partial charge in [-0.3, -0.25) is 4.57 Å². The van der Waals surface area contributed by atoms with Gasteiger partial charge in [-0.25, -0.2) is 19.2 Å². The zero-order valence-electron chi connectivity index (χ0n) is 24.8. The number of rotatable bonds is 10. The third-order valence-electron chi connectivity index (χ3n) is 7.22. The Balaban J connectivity index is 1.34. The van der Waals surface area contributed by atoms with Crippen molar-refractivity contribution in [1.82, 2.24) is 9.55 Å². The number of carbonyl (C=O) groups is 3. The van der Waals surface area contributed by atoms with Crippen LogP contribution in [0.5, 0.6) is 11.6 Å². The lowest BCUT2D eigenvalue weighted by atomic mass is 10.1. The number of nitrogens with zero attached hydrogens (tertiary/aromatic N) is 2. The van der Waals surface area contributed by atoms with E-state index >= 15 is 0 Å². The number of carbonyl (C=O) groups excluding carboxylic acids is 3. The van der Waals surface area contributed by atoms with E-state index in [0.717, 1.165) is 4.57 Å². The summed E-state index contributed by atoms with van der Waals surface area (Å²) in [4.78, 5) is 56.9. The van der Waals surface area contributed by atoms with Crippen LogP contribution < -0.4 is 10.4 Å². The van der Waals surface area contributed by atoms with E-state index in [1.54, 1.807) is 115 Å². The number of benzene rings is 4. The summed E-state index contributed by atoms with van der Waals surface area (Å²) in [6.07, 6.45) is -3.79. The van der Waals surface area contributed by atoms with Crippen molar-refractivity contribution in [2.45, 2.75) is 24.5 Å². The highest BCUT2D eigenvalue weighted by atomic mass is 16.7. The molecule has 0 aliphatic carbocycles. The molecule has 0 saturated carbocycles. The minimum absolute atomic E-state index is 0.0219. The van der Waals surface area contributed by atoms with Crippen LogP contribution in [0.4, 0.5) is 0 Å². The Bertz CT molecular complexity index is 1880. The molecule has 0 N–H and O–H groups in total. The van der Waals surface area contributed by atoms with Crippen molar-refractivity contribution in [2.24, 2.45) is 0 Å². The maximum Gasteiger partial charge on any atom is 0.353 e. The molecule has 0 unspecified atom stereocenters. The van der Waals surface area contributed by atoms with Crippen LogP contribution in [0.1, 0.15) is 37.3 Å². The van der Waals surface area contributed by atoms with Gasteiger partial charge in [0.1, 0.15) is 18.5 Å². The first kappa shape index (κ1) is 30.9. The lowest BCUT2D eigenvalue weighted by Crippen LogP contribution is -2.42. The largest absolute Gasteiger partial charge is 0.459 e. The number of esters is 3. The molecular formula is C36H28N2O9. The van der Waals surface area contributed by atoms with Crippen molar-refractivity contribution in [3.05, 3.63) is 161 Å². The molecule has 4 atom stereocenters. The molecule has 1 saturated heterocycles. The molecule has 236 valence electrons. The zero-order valence-corrected chi connectivity index (χ0v) is 24.8. The van der Waals surface area contributed by atoms with E-state index < -0.39 is 54.7 Å². The van der Waals surface area contributed by atoms with Gasteiger partial charge in [0.25, 0.3) is 0 Å². The topological polar surface area (TPSA) is 132 Å². The van der Waals surface area contributed by atoms with Gasteiger partial charge in [0.15, 0.2) is 18.4 Å². The molecule has 1 aromatic heterocycles. The summed E-state index contributed by atoms with van der Waals surface area (Å²) in [6, 6.07) is 34.9. The number of hydrogen-bond donors (Lipinski definition) is 0. The Labute approximate surface area is 268 Å². The summed E-state index contributed by atoms with van der Waals surface area (Å²) in [5.74, 6) is -1.65. The highest BCUT2D eigenvalue weighted by molar-refractivity contribution is 5.91. The summed E-state index contributed by atoms with van der Waals surface area (Å²) < 4.78 is 30.4. The van der Waals surface area contributed by atoms with Crippen molar-refractivity contribution < 1.29 is 38.1 Å². The van der Waals surface area contributed by atoms with Crippen molar-refractivity contribution >= 4 is 17.9 Å². The van der Waals surface area contributed by atoms with Gasteiger partial charge in [0.05, 0.1) is 16.7 Å². The van der Waals surface area contributed by atoms with Crippen LogP contribution in [-0.2, 0) is 18.9 Å². The Kier molecular flexibility index (Phi) is 9.45. The zero-order chi connectivity index (χ0) is 32.6. The van der Waals surface area contributed by atoms with E-state index in [-0.39, 0.29) is 17.0 Å². The summed E-state index contributed by atoms with van der Waals surface area (Å²) >= 11 is 0. The molecule has 5 aromatic rings. The molecule has 0 radical (unpaired) electrons. The standard InChI is InChI=1S/C36H28N2O9/c39-33(24-13-5-1-6-14-24)43-23-28-30(46-34(40)25-15-7-2-8-16-25)31(47-35(41)26-17-9-3-10-18-26)32(45-28)38-22-21-29(37-36(38)42)44-27-19-11-4-12-20-27/h1-22,28,30-32H,23H2/t28-,30-,31-,32-/m1/s1. The van der Waals surface area contributed by atoms with Gasteiger partial charge in [0, 0.05) is 12.3 Å². The van der Waals surface area contributed by atoms with Gasteiger partial charge in [-0.2, -0.15) is 4.98 Å². The van der Waals surface area contributed by atoms with Crippen LogP contribution in [0.25, 0.3) is 0 Å². The highest BCUT2D eigenvalue weighted by Gasteiger charge is 2.51. The molecule has 1 aliphatic rings. The number of ether oxygens (including phenoxy) is 5. The molecule has 0 spiro atoms. The minimum atomic E-state index is -1.36. The molecule has 4 aromatic carbocycles. The first-order valence-corrected chi connectivity index (χ1v) is 14.7. The SMILES string of the molecule is O=C(OC[C@H]1O[C@@H](n2ccc(Oc3ccccc3)nc2=O)[C@H](OC(=O)c2ccccc2)[C@@H]1OC(=O)c1ccccc1)c1ccccc1. The normalized spacial score (nSPS) is 18.6. The van der Waals surface area contributed by atoms with Gasteiger partial charge < -0.3 is 23.7 Å². The van der Waals surface area contributed by atoms with Gasteiger partial charge in [0.2, 0.25) is 5.88 Å². The molecule has 11 heteroatoms. The molecule has 1 aliphatic heterocycles. The third kappa shape index (κ3) is 7.43. The molecule has 0 bridgehead atoms. The smallest absolute Gasteiger partial charge is 0.353 e. The molecule has 0 amide bonds. The van der Waals surface area contributed by atoms with E-state index in [2.05, 4.69) is 4.98 Å². The van der Waals surface area contributed by atoms with Gasteiger partial charge in [-0.1, -0.05) is 72.8 Å². The van der Waals surface area contributed by atoms with Gasteiger partial charge in [-0.15, -0.1) is 0 Å². The summed E-state index contributed by atoms with van der Waals surface area (Å²) in [7, 11) is 0. The monoisotopic (exact) mass is 632 g/mol. The third-order valence-corrected chi connectivity index (χ3v) is 7.22. The van der Waals surface area contributed by atoms with Crippen molar-refractivity contribution in [3.8, 4) is 11.6 Å². The number of hydrogen-bond acceptors (Lipinski definition) is 10. The lowest BCUT2D eigenvalue weighted by Gasteiger charge is -2.25. The number of aromatic nitrogens is 2. The Hall–Kier alpha value is -6.07. The van der Waals surface area contributed by atoms with Crippen molar-refractivity contribution in [2.75, 3.05) is 6.61 Å². The Morgan fingerprint density at radius 2 is 1.13 bits per heavy atom. The van der Waals surface area contributed by atoms with Crippen LogP contribution in [0.2, 0.25) is 0 Å². The summed E-state index contributed by atoms with van der Waals surface area (Å²) in [6.45, 7) is -0.395. The van der Waals surface area contributed by atoms with E-state index in [4.69, 9.17) is 23.7 Å². The number of para-hydroxylation sites is 1. The fourth-order valence-corrected chi connectivity index (χ4v) is 4.94. The molecule has 6 rings (SSSR count). The van der Waals surface area contributed by atoms with Crippen LogP contribution >= 0.6 is 0 Å². The fraction of sp³-hybridized carbons (Fsp3) is 0.139. The molecule has 1 fully saturated rings. The van der Waals surface area contributed by atoms with Crippen LogP contribution in [-0.4, -0.2) is 52.4 Å². The van der Waals surface area contributed by atoms with Crippen molar-refractivity contribution in [1.29, 1.82) is 0 Å². The first-order valence-electron chi connectivity index (χ1n) is 14.7. The predicted molar refractivity (Wildman–Crippen MR) is 167 cm³/mol.